The molecule has 1 amide bonds. The van der Waals surface area contributed by atoms with Crippen LogP contribution in [0.25, 0.3) is 10.9 Å². The van der Waals surface area contributed by atoms with Crippen molar-refractivity contribution in [3.05, 3.63) is 34.5 Å². The minimum Gasteiger partial charge on any atom is -0.352 e. The third-order valence-electron chi connectivity index (χ3n) is 4.09. The Kier molecular flexibility index (Phi) is 4.24. The zero-order valence-electron chi connectivity index (χ0n) is 12.9. The van der Waals surface area contributed by atoms with Gasteiger partial charge in [0.2, 0.25) is 5.91 Å². The second kappa shape index (κ2) is 6.33. The maximum atomic E-state index is 11.2. The molecule has 0 radical (unpaired) electrons. The molecular weight excluding hydrogens is 298 g/mol. The van der Waals surface area contributed by atoms with Gasteiger partial charge < -0.3 is 5.32 Å². The second-order valence-corrected chi connectivity index (χ2v) is 5.90. The zero-order valence-corrected chi connectivity index (χ0v) is 12.9. The van der Waals surface area contributed by atoms with Crippen LogP contribution in [0.15, 0.2) is 24.4 Å². The second-order valence-electron chi connectivity index (χ2n) is 5.90. The number of benzene rings is 1. The first kappa shape index (κ1) is 15.4. The van der Waals surface area contributed by atoms with E-state index in [9.17, 15) is 14.9 Å². The van der Waals surface area contributed by atoms with Gasteiger partial charge in [-0.2, -0.15) is 5.10 Å². The Labute approximate surface area is 133 Å². The number of carbonyl (C=O) groups excluding carboxylic acids is 1. The Morgan fingerprint density at radius 3 is 3.09 bits per heavy atom. The Morgan fingerprint density at radius 2 is 2.35 bits per heavy atom. The molecule has 0 aliphatic carbocycles. The minimum absolute atomic E-state index is 0.0167. The predicted octanol–water partition coefficient (Wildman–Crippen LogP) is 1.50. The first-order chi connectivity index (χ1) is 11.0. The molecule has 0 spiro atoms. The van der Waals surface area contributed by atoms with Gasteiger partial charge in [0.25, 0.3) is 5.69 Å². The van der Waals surface area contributed by atoms with Gasteiger partial charge in [-0.15, -0.1) is 0 Å². The van der Waals surface area contributed by atoms with Gasteiger partial charge in [0.1, 0.15) is 0 Å². The number of amides is 1. The standard InChI is InChI=1S/C15H19N5O3/c1-11(21)17-13-3-2-6-18(9-13)10-19-15-7-14(20(22)23)5-4-12(15)8-16-19/h4-5,7-8,13H,2-3,6,9-10H2,1H3,(H,17,21). The Morgan fingerprint density at radius 1 is 1.52 bits per heavy atom. The smallest absolute Gasteiger partial charge is 0.271 e. The van der Waals surface area contributed by atoms with Crippen molar-refractivity contribution in [1.29, 1.82) is 0 Å². The van der Waals surface area contributed by atoms with Crippen molar-refractivity contribution in [3.8, 4) is 0 Å². The van der Waals surface area contributed by atoms with Crippen LogP contribution < -0.4 is 5.32 Å². The van der Waals surface area contributed by atoms with E-state index in [-0.39, 0.29) is 17.6 Å². The molecule has 23 heavy (non-hydrogen) atoms. The van der Waals surface area contributed by atoms with Gasteiger partial charge in [0.15, 0.2) is 0 Å². The summed E-state index contributed by atoms with van der Waals surface area (Å²) in [4.78, 5) is 23.9. The SMILES string of the molecule is CC(=O)NC1CCCN(Cn2ncc3ccc([N+](=O)[O-])cc32)C1. The molecule has 0 bridgehead atoms. The molecule has 1 aliphatic heterocycles. The molecular formula is C15H19N5O3. The number of nitro benzene ring substituents is 1. The third kappa shape index (κ3) is 3.48. The molecule has 1 atom stereocenters. The van der Waals surface area contributed by atoms with Gasteiger partial charge in [-0.3, -0.25) is 24.5 Å². The number of nitro groups is 1. The highest BCUT2D eigenvalue weighted by Crippen LogP contribution is 2.21. The van der Waals surface area contributed by atoms with Crippen molar-refractivity contribution in [2.24, 2.45) is 0 Å². The fraction of sp³-hybridized carbons (Fsp3) is 0.467. The summed E-state index contributed by atoms with van der Waals surface area (Å²) in [6, 6.07) is 4.91. The van der Waals surface area contributed by atoms with Crippen LogP contribution in [0.3, 0.4) is 0 Å². The lowest BCUT2D eigenvalue weighted by atomic mass is 10.1. The van der Waals surface area contributed by atoms with Crippen LogP contribution in [0, 0.1) is 10.1 Å². The summed E-state index contributed by atoms with van der Waals surface area (Å²) in [6.45, 7) is 3.77. The summed E-state index contributed by atoms with van der Waals surface area (Å²) in [6.07, 6.45) is 3.69. The normalized spacial score (nSPS) is 18.9. The molecule has 1 saturated heterocycles. The van der Waals surface area contributed by atoms with E-state index in [1.807, 2.05) is 0 Å². The van der Waals surface area contributed by atoms with E-state index in [0.29, 0.717) is 6.67 Å². The van der Waals surface area contributed by atoms with Gasteiger partial charge in [0.05, 0.1) is 23.3 Å². The number of nitrogens with one attached hydrogen (secondary N) is 1. The zero-order chi connectivity index (χ0) is 16.4. The molecule has 2 aromatic rings. The van der Waals surface area contributed by atoms with Gasteiger partial charge in [-0.05, 0) is 18.9 Å². The monoisotopic (exact) mass is 317 g/mol. The van der Waals surface area contributed by atoms with Crippen molar-refractivity contribution in [2.45, 2.75) is 32.5 Å². The molecule has 1 unspecified atom stereocenters. The Bertz CT molecular complexity index is 742. The highest BCUT2D eigenvalue weighted by molar-refractivity contribution is 5.80. The summed E-state index contributed by atoms with van der Waals surface area (Å²) in [7, 11) is 0. The van der Waals surface area contributed by atoms with Crippen molar-refractivity contribution in [2.75, 3.05) is 13.1 Å². The number of rotatable bonds is 4. The van der Waals surface area contributed by atoms with Crippen LogP contribution in [0.5, 0.6) is 0 Å². The van der Waals surface area contributed by atoms with E-state index < -0.39 is 4.92 Å². The number of fused-ring (bicyclic) bond motifs is 1. The lowest BCUT2D eigenvalue weighted by Gasteiger charge is -2.32. The van der Waals surface area contributed by atoms with Crippen LogP contribution >= 0.6 is 0 Å². The summed E-state index contributed by atoms with van der Waals surface area (Å²) in [5.41, 5.74) is 0.815. The first-order valence-electron chi connectivity index (χ1n) is 7.62. The molecule has 122 valence electrons. The lowest BCUT2D eigenvalue weighted by molar-refractivity contribution is -0.384. The topological polar surface area (TPSA) is 93.3 Å². The molecule has 1 fully saturated rings. The molecule has 1 aliphatic rings. The van der Waals surface area contributed by atoms with E-state index in [4.69, 9.17) is 0 Å². The van der Waals surface area contributed by atoms with E-state index >= 15 is 0 Å². The summed E-state index contributed by atoms with van der Waals surface area (Å²) in [5, 5.41) is 19.1. The van der Waals surface area contributed by atoms with Crippen molar-refractivity contribution in [1.82, 2.24) is 20.0 Å². The third-order valence-corrected chi connectivity index (χ3v) is 4.09. The number of non-ortho nitro benzene ring substituents is 1. The van der Waals surface area contributed by atoms with Crippen LogP contribution in [-0.4, -0.2) is 44.6 Å². The molecule has 1 N–H and O–H groups in total. The van der Waals surface area contributed by atoms with Crippen LogP contribution in [0.4, 0.5) is 5.69 Å². The number of carbonyl (C=O) groups is 1. The number of nitrogens with zero attached hydrogens (tertiary/aromatic N) is 4. The van der Waals surface area contributed by atoms with Crippen molar-refractivity contribution < 1.29 is 9.72 Å². The van der Waals surface area contributed by atoms with E-state index in [1.54, 1.807) is 23.0 Å². The van der Waals surface area contributed by atoms with Gasteiger partial charge in [-0.25, -0.2) is 0 Å². The fourth-order valence-electron chi connectivity index (χ4n) is 3.06. The number of piperidine rings is 1. The van der Waals surface area contributed by atoms with Crippen LogP contribution in [0.2, 0.25) is 0 Å². The molecule has 8 nitrogen and oxygen atoms in total. The molecule has 1 aromatic carbocycles. The Hall–Kier alpha value is -2.48. The van der Waals surface area contributed by atoms with Gasteiger partial charge in [-0.1, -0.05) is 0 Å². The number of likely N-dealkylation sites (tertiary alicyclic amines) is 1. The Balaban J connectivity index is 1.77. The first-order valence-corrected chi connectivity index (χ1v) is 7.62. The molecule has 3 rings (SSSR count). The maximum absolute atomic E-state index is 11.2. The maximum Gasteiger partial charge on any atom is 0.271 e. The van der Waals surface area contributed by atoms with E-state index in [2.05, 4.69) is 15.3 Å². The summed E-state index contributed by atoms with van der Waals surface area (Å²) >= 11 is 0. The highest BCUT2D eigenvalue weighted by atomic mass is 16.6. The van der Waals surface area contributed by atoms with E-state index in [0.717, 1.165) is 36.8 Å². The van der Waals surface area contributed by atoms with Crippen molar-refractivity contribution >= 4 is 22.5 Å². The summed E-state index contributed by atoms with van der Waals surface area (Å²) in [5.74, 6) is -0.0167. The summed E-state index contributed by atoms with van der Waals surface area (Å²) < 4.78 is 1.78. The molecule has 8 heteroatoms. The van der Waals surface area contributed by atoms with Crippen molar-refractivity contribution in [3.63, 3.8) is 0 Å². The lowest BCUT2D eigenvalue weighted by Crippen LogP contribution is -2.47. The van der Waals surface area contributed by atoms with E-state index in [1.165, 1.54) is 13.0 Å². The van der Waals surface area contributed by atoms with Gasteiger partial charge >= 0.3 is 0 Å². The van der Waals surface area contributed by atoms with Crippen LogP contribution in [0.1, 0.15) is 19.8 Å². The molecule has 0 saturated carbocycles. The van der Waals surface area contributed by atoms with Gasteiger partial charge in [0, 0.05) is 43.6 Å². The molecule has 1 aromatic heterocycles. The molecule has 2 heterocycles. The number of hydrogen-bond acceptors (Lipinski definition) is 5. The highest BCUT2D eigenvalue weighted by Gasteiger charge is 2.21. The minimum atomic E-state index is -0.398. The largest absolute Gasteiger partial charge is 0.352 e. The number of aromatic nitrogens is 2. The number of hydrogen-bond donors (Lipinski definition) is 1. The fourth-order valence-corrected chi connectivity index (χ4v) is 3.06. The quantitative estimate of drug-likeness (QED) is 0.681. The average Bonchev–Trinajstić information content (AvgIpc) is 2.89. The predicted molar refractivity (Wildman–Crippen MR) is 84.8 cm³/mol. The van der Waals surface area contributed by atoms with Crippen LogP contribution in [-0.2, 0) is 11.5 Å². The average molecular weight is 317 g/mol.